The first-order valence-corrected chi connectivity index (χ1v) is 7.76. The fourth-order valence-corrected chi connectivity index (χ4v) is 3.87. The maximum absolute atomic E-state index is 3.55. The van der Waals surface area contributed by atoms with Crippen LogP contribution in [0.2, 0.25) is 0 Å². The highest BCUT2D eigenvalue weighted by Gasteiger charge is 2.31. The summed E-state index contributed by atoms with van der Waals surface area (Å²) in [5.74, 6) is 0.881. The van der Waals surface area contributed by atoms with Crippen LogP contribution in [0, 0.1) is 5.92 Å². The molecule has 0 radical (unpaired) electrons. The van der Waals surface area contributed by atoms with Crippen molar-refractivity contribution in [1.82, 2.24) is 15.1 Å². The third-order valence-corrected chi connectivity index (χ3v) is 4.82. The van der Waals surface area contributed by atoms with Crippen LogP contribution in [0.5, 0.6) is 0 Å². The highest BCUT2D eigenvalue weighted by molar-refractivity contribution is 4.87. The van der Waals surface area contributed by atoms with Crippen molar-refractivity contribution in [3.63, 3.8) is 0 Å². The van der Waals surface area contributed by atoms with Gasteiger partial charge < -0.3 is 10.2 Å². The summed E-state index contributed by atoms with van der Waals surface area (Å²) in [7, 11) is 6.55. The lowest BCUT2D eigenvalue weighted by atomic mass is 9.84. The molecule has 0 aromatic rings. The minimum atomic E-state index is 0.763. The fraction of sp³-hybridized carbons (Fsp3) is 1.00. The Labute approximate surface area is 113 Å². The minimum absolute atomic E-state index is 0.763. The molecule has 0 amide bonds. The van der Waals surface area contributed by atoms with Crippen molar-refractivity contribution < 1.29 is 0 Å². The van der Waals surface area contributed by atoms with Crippen molar-refractivity contribution in [3.8, 4) is 0 Å². The molecule has 1 aliphatic carbocycles. The summed E-state index contributed by atoms with van der Waals surface area (Å²) in [6.45, 7) is 3.88. The van der Waals surface area contributed by atoms with Crippen molar-refractivity contribution in [2.24, 2.45) is 5.92 Å². The summed E-state index contributed by atoms with van der Waals surface area (Å²) in [4.78, 5) is 5.11. The van der Waals surface area contributed by atoms with E-state index in [1.54, 1.807) is 0 Å². The van der Waals surface area contributed by atoms with Crippen LogP contribution in [-0.2, 0) is 0 Å². The Kier molecular flexibility index (Phi) is 5.46. The van der Waals surface area contributed by atoms with Crippen LogP contribution in [-0.4, -0.2) is 62.7 Å². The summed E-state index contributed by atoms with van der Waals surface area (Å²) in [5.41, 5.74) is 0. The first-order chi connectivity index (χ1) is 8.70. The molecular formula is C15H31N3. The maximum atomic E-state index is 3.55. The highest BCUT2D eigenvalue weighted by atomic mass is 15.2. The third-order valence-electron chi connectivity index (χ3n) is 4.82. The smallest absolute Gasteiger partial charge is 0.0223 e. The first kappa shape index (κ1) is 14.3. The van der Waals surface area contributed by atoms with Crippen LogP contribution < -0.4 is 5.32 Å². The second kappa shape index (κ2) is 6.88. The molecule has 1 heterocycles. The van der Waals surface area contributed by atoms with Crippen molar-refractivity contribution in [2.75, 3.05) is 40.8 Å². The number of likely N-dealkylation sites (N-methyl/N-ethyl adjacent to an activating group) is 1. The van der Waals surface area contributed by atoms with Crippen molar-refractivity contribution >= 4 is 0 Å². The second-order valence-corrected chi connectivity index (χ2v) is 6.49. The van der Waals surface area contributed by atoms with E-state index < -0.39 is 0 Å². The zero-order valence-corrected chi connectivity index (χ0v) is 12.5. The second-order valence-electron chi connectivity index (χ2n) is 6.49. The molecule has 1 aliphatic heterocycles. The summed E-state index contributed by atoms with van der Waals surface area (Å²) in [5, 5.41) is 3.55. The molecule has 18 heavy (non-hydrogen) atoms. The predicted octanol–water partition coefficient (Wildman–Crippen LogP) is 1.79. The van der Waals surface area contributed by atoms with Gasteiger partial charge in [-0.3, -0.25) is 4.90 Å². The molecular weight excluding hydrogens is 222 g/mol. The van der Waals surface area contributed by atoms with Gasteiger partial charge in [0.05, 0.1) is 0 Å². The van der Waals surface area contributed by atoms with Gasteiger partial charge in [-0.2, -0.15) is 0 Å². The molecule has 106 valence electrons. The normalized spacial score (nSPS) is 34.3. The monoisotopic (exact) mass is 253 g/mol. The van der Waals surface area contributed by atoms with Crippen molar-refractivity contribution in [3.05, 3.63) is 0 Å². The fourth-order valence-electron chi connectivity index (χ4n) is 3.87. The van der Waals surface area contributed by atoms with E-state index in [0.29, 0.717) is 0 Å². The van der Waals surface area contributed by atoms with Crippen LogP contribution in [0.25, 0.3) is 0 Å². The van der Waals surface area contributed by atoms with E-state index in [1.807, 2.05) is 0 Å². The van der Waals surface area contributed by atoms with Crippen molar-refractivity contribution in [2.45, 2.75) is 50.6 Å². The Bertz CT molecular complexity index is 242. The van der Waals surface area contributed by atoms with E-state index in [2.05, 4.69) is 36.3 Å². The van der Waals surface area contributed by atoms with Gasteiger partial charge in [-0.25, -0.2) is 0 Å². The Morgan fingerprint density at radius 1 is 1.11 bits per heavy atom. The lowest BCUT2D eigenvalue weighted by Gasteiger charge is -2.36. The molecule has 3 nitrogen and oxygen atoms in total. The zero-order valence-electron chi connectivity index (χ0n) is 12.5. The first-order valence-electron chi connectivity index (χ1n) is 7.76. The molecule has 1 N–H and O–H groups in total. The summed E-state index contributed by atoms with van der Waals surface area (Å²) in [6.07, 6.45) is 8.47. The molecule has 0 bridgehead atoms. The largest absolute Gasteiger partial charge is 0.317 e. The van der Waals surface area contributed by atoms with E-state index in [-0.39, 0.29) is 0 Å². The Morgan fingerprint density at radius 2 is 1.89 bits per heavy atom. The molecule has 0 aromatic carbocycles. The molecule has 3 heteroatoms. The average Bonchev–Trinajstić information content (AvgIpc) is 2.76. The van der Waals surface area contributed by atoms with Gasteiger partial charge in [-0.1, -0.05) is 12.8 Å². The molecule has 2 rings (SSSR count). The van der Waals surface area contributed by atoms with Gasteiger partial charge in [0.1, 0.15) is 0 Å². The average molecular weight is 253 g/mol. The summed E-state index contributed by atoms with van der Waals surface area (Å²) in [6, 6.07) is 1.57. The zero-order chi connectivity index (χ0) is 13.0. The van der Waals surface area contributed by atoms with Crippen LogP contribution in [0.4, 0.5) is 0 Å². The molecule has 3 atom stereocenters. The van der Waals surface area contributed by atoms with Crippen LogP contribution in [0.15, 0.2) is 0 Å². The molecule has 1 saturated heterocycles. The number of likely N-dealkylation sites (tertiary alicyclic amines) is 1. The number of nitrogens with one attached hydrogen (secondary N) is 1. The molecule has 2 aliphatic rings. The predicted molar refractivity (Wildman–Crippen MR) is 78.0 cm³/mol. The molecule has 3 unspecified atom stereocenters. The molecule has 1 saturated carbocycles. The Morgan fingerprint density at radius 3 is 2.61 bits per heavy atom. The van der Waals surface area contributed by atoms with Gasteiger partial charge in [0.2, 0.25) is 0 Å². The topological polar surface area (TPSA) is 18.5 Å². The molecule has 2 fully saturated rings. The third kappa shape index (κ3) is 3.69. The van der Waals surface area contributed by atoms with E-state index in [9.17, 15) is 0 Å². The van der Waals surface area contributed by atoms with E-state index in [1.165, 1.54) is 58.2 Å². The van der Waals surface area contributed by atoms with Gasteiger partial charge in [0.15, 0.2) is 0 Å². The Hall–Kier alpha value is -0.120. The van der Waals surface area contributed by atoms with E-state index in [4.69, 9.17) is 0 Å². The van der Waals surface area contributed by atoms with Crippen LogP contribution in [0.3, 0.4) is 0 Å². The van der Waals surface area contributed by atoms with E-state index >= 15 is 0 Å². The van der Waals surface area contributed by atoms with Crippen molar-refractivity contribution in [1.29, 1.82) is 0 Å². The Balaban J connectivity index is 1.86. The van der Waals surface area contributed by atoms with Gasteiger partial charge in [-0.05, 0) is 59.3 Å². The number of nitrogens with zero attached hydrogens (tertiary/aromatic N) is 2. The quantitative estimate of drug-likeness (QED) is 0.806. The summed E-state index contributed by atoms with van der Waals surface area (Å²) < 4.78 is 0. The lowest BCUT2D eigenvalue weighted by Crippen LogP contribution is -2.46. The van der Waals surface area contributed by atoms with Gasteiger partial charge in [-0.15, -0.1) is 0 Å². The standard InChI is InChI=1S/C15H31N3/c1-16-15-9-5-4-7-13(15)11-18-10-6-8-14(18)12-17(2)3/h13-16H,4-12H2,1-3H3. The van der Waals surface area contributed by atoms with Gasteiger partial charge >= 0.3 is 0 Å². The van der Waals surface area contributed by atoms with Gasteiger partial charge in [0, 0.05) is 25.2 Å². The number of hydrogen-bond acceptors (Lipinski definition) is 3. The van der Waals surface area contributed by atoms with Crippen LogP contribution >= 0.6 is 0 Å². The number of hydrogen-bond donors (Lipinski definition) is 1. The lowest BCUT2D eigenvalue weighted by molar-refractivity contribution is 0.144. The highest BCUT2D eigenvalue weighted by Crippen LogP contribution is 2.28. The van der Waals surface area contributed by atoms with E-state index in [0.717, 1.165) is 18.0 Å². The molecule has 0 aromatic heterocycles. The maximum Gasteiger partial charge on any atom is 0.0223 e. The number of rotatable bonds is 5. The molecule has 0 spiro atoms. The van der Waals surface area contributed by atoms with Crippen LogP contribution in [0.1, 0.15) is 38.5 Å². The SMILES string of the molecule is CNC1CCCCC1CN1CCCC1CN(C)C. The van der Waals surface area contributed by atoms with Gasteiger partial charge in [0.25, 0.3) is 0 Å². The summed E-state index contributed by atoms with van der Waals surface area (Å²) >= 11 is 0. The minimum Gasteiger partial charge on any atom is -0.317 e.